The molecule has 2 aliphatic rings. The van der Waals surface area contributed by atoms with Crippen molar-refractivity contribution in [3.8, 4) is 0 Å². The smallest absolute Gasteiger partial charge is 0.315 e. The van der Waals surface area contributed by atoms with Crippen LogP contribution < -0.4 is 43.0 Å². The van der Waals surface area contributed by atoms with Gasteiger partial charge in [0.1, 0.15) is 18.7 Å². The van der Waals surface area contributed by atoms with Gasteiger partial charge in [-0.15, -0.1) is 0 Å². The predicted octanol–water partition coefficient (Wildman–Crippen LogP) is 5.56. The molecule has 5 atom stereocenters. The van der Waals surface area contributed by atoms with E-state index in [9.17, 15) is 33.6 Å². The molecule has 0 aromatic rings. The summed E-state index contributed by atoms with van der Waals surface area (Å²) in [6.07, 6.45) is 25.2. The molecule has 2 rings (SSSR count). The zero-order valence-electron chi connectivity index (χ0n) is 41.3. The topological polar surface area (TPSA) is 248 Å². The van der Waals surface area contributed by atoms with Crippen LogP contribution in [0.5, 0.6) is 0 Å². The second kappa shape index (κ2) is 39.2. The molecule has 2 unspecified atom stereocenters. The molecule has 0 spiro atoms. The number of thioether (sulfide) groups is 1. The van der Waals surface area contributed by atoms with E-state index in [1.54, 1.807) is 0 Å². The fourth-order valence-electron chi connectivity index (χ4n) is 8.29. The number of primary amides is 1. The van der Waals surface area contributed by atoms with Crippen LogP contribution >= 0.6 is 11.8 Å². The third-order valence-corrected chi connectivity index (χ3v) is 13.8. The summed E-state index contributed by atoms with van der Waals surface area (Å²) in [4.78, 5) is 87.5. The van der Waals surface area contributed by atoms with E-state index in [1.807, 2.05) is 11.8 Å². The molecule has 0 bridgehead atoms. The second-order valence-corrected chi connectivity index (χ2v) is 19.5. The summed E-state index contributed by atoms with van der Waals surface area (Å²) in [5, 5.41) is 20.2. The highest BCUT2D eigenvalue weighted by molar-refractivity contribution is 8.00. The Morgan fingerprint density at radius 1 is 0.597 bits per heavy atom. The molecule has 2 saturated heterocycles. The number of carbonyl (C=O) groups is 7. The van der Waals surface area contributed by atoms with Gasteiger partial charge in [0.25, 0.3) is 0 Å². The van der Waals surface area contributed by atoms with Crippen LogP contribution in [0.25, 0.3) is 0 Å². The Balaban J connectivity index is 1.60. The fourth-order valence-corrected chi connectivity index (χ4v) is 9.84. The van der Waals surface area contributed by atoms with Crippen molar-refractivity contribution in [2.45, 2.75) is 217 Å². The number of rotatable bonds is 44. The van der Waals surface area contributed by atoms with E-state index < -0.39 is 23.9 Å². The largest absolute Gasteiger partial charge is 0.377 e. The number of amides is 8. The molecule has 2 heterocycles. The Morgan fingerprint density at radius 2 is 1.15 bits per heavy atom. The van der Waals surface area contributed by atoms with Crippen molar-refractivity contribution in [2.24, 2.45) is 5.73 Å². The van der Waals surface area contributed by atoms with Crippen molar-refractivity contribution in [1.82, 2.24) is 37.2 Å². The SMILES string of the molecule is CCCCCCCCCCCC(=O)NCC(NC(=O)CCCCCCCCCCC)C(=O)NC(CCCCNC(=O)COCCOCCNC(=O)CCCC[C@@H]1SC[C@@H]2NC(=O)N[C@@H]21)C(N)=O. The Morgan fingerprint density at radius 3 is 1.78 bits per heavy atom. The molecule has 386 valence electrons. The van der Waals surface area contributed by atoms with Crippen molar-refractivity contribution in [2.75, 3.05) is 51.8 Å². The van der Waals surface area contributed by atoms with Crippen molar-refractivity contribution >= 4 is 53.2 Å². The summed E-state index contributed by atoms with van der Waals surface area (Å²) in [6, 6.07) is -1.76. The lowest BCUT2D eigenvalue weighted by atomic mass is 10.0. The van der Waals surface area contributed by atoms with Gasteiger partial charge in [-0.1, -0.05) is 123 Å². The summed E-state index contributed by atoms with van der Waals surface area (Å²) < 4.78 is 10.9. The molecule has 0 aliphatic carbocycles. The third-order valence-electron chi connectivity index (χ3n) is 12.3. The van der Waals surface area contributed by atoms with Crippen LogP contribution in [-0.4, -0.2) is 123 Å². The average Bonchev–Trinajstić information content (AvgIpc) is 3.86. The average molecular weight is 967 g/mol. The maximum absolute atomic E-state index is 13.5. The second-order valence-electron chi connectivity index (χ2n) is 18.3. The zero-order valence-corrected chi connectivity index (χ0v) is 42.1. The highest BCUT2D eigenvalue weighted by Gasteiger charge is 2.42. The summed E-state index contributed by atoms with van der Waals surface area (Å²) in [6.45, 7) is 5.69. The molecule has 9 N–H and O–H groups in total. The first-order valence-corrected chi connectivity index (χ1v) is 27.1. The molecule has 17 nitrogen and oxygen atoms in total. The van der Waals surface area contributed by atoms with Crippen molar-refractivity contribution < 1.29 is 43.0 Å². The van der Waals surface area contributed by atoms with Crippen LogP contribution in [0, 0.1) is 0 Å². The number of nitrogens with one attached hydrogen (secondary N) is 7. The van der Waals surface area contributed by atoms with E-state index in [-0.39, 0.29) is 81.0 Å². The molecule has 0 aromatic heterocycles. The van der Waals surface area contributed by atoms with Gasteiger partial charge in [0.05, 0.1) is 31.9 Å². The van der Waals surface area contributed by atoms with Gasteiger partial charge in [-0.2, -0.15) is 11.8 Å². The Labute approximate surface area is 406 Å². The molecule has 2 fully saturated rings. The van der Waals surface area contributed by atoms with Gasteiger partial charge in [0, 0.05) is 49.9 Å². The maximum Gasteiger partial charge on any atom is 0.315 e. The molecular formula is C49H90N8O9S. The van der Waals surface area contributed by atoms with Gasteiger partial charge in [-0.25, -0.2) is 4.79 Å². The van der Waals surface area contributed by atoms with E-state index in [2.05, 4.69) is 51.1 Å². The quantitative estimate of drug-likeness (QED) is 0.0279. The first kappa shape index (κ1) is 59.5. The van der Waals surface area contributed by atoms with Crippen molar-refractivity contribution in [3.05, 3.63) is 0 Å². The highest BCUT2D eigenvalue weighted by Crippen LogP contribution is 2.33. The van der Waals surface area contributed by atoms with Gasteiger partial charge in [-0.05, 0) is 44.9 Å². The van der Waals surface area contributed by atoms with E-state index in [0.717, 1.165) is 63.5 Å². The van der Waals surface area contributed by atoms with Crippen molar-refractivity contribution in [3.63, 3.8) is 0 Å². The van der Waals surface area contributed by atoms with Gasteiger partial charge in [-0.3, -0.25) is 28.8 Å². The summed E-state index contributed by atoms with van der Waals surface area (Å²) in [7, 11) is 0. The van der Waals surface area contributed by atoms with Gasteiger partial charge < -0.3 is 52.4 Å². The summed E-state index contributed by atoms with van der Waals surface area (Å²) in [5.74, 6) is -1.17. The minimum Gasteiger partial charge on any atom is -0.377 e. The van der Waals surface area contributed by atoms with Gasteiger partial charge in [0.15, 0.2) is 0 Å². The Hall–Kier alpha value is -3.64. The minimum atomic E-state index is -1.07. The van der Waals surface area contributed by atoms with Crippen LogP contribution in [0.1, 0.15) is 187 Å². The number of nitrogens with two attached hydrogens (primary N) is 1. The predicted molar refractivity (Wildman–Crippen MR) is 265 cm³/mol. The number of unbranched alkanes of at least 4 members (excludes halogenated alkanes) is 18. The summed E-state index contributed by atoms with van der Waals surface area (Å²) >= 11 is 1.87. The van der Waals surface area contributed by atoms with Gasteiger partial charge >= 0.3 is 6.03 Å². The lowest BCUT2D eigenvalue weighted by Gasteiger charge is -2.22. The zero-order chi connectivity index (χ0) is 48.7. The maximum atomic E-state index is 13.5. The number of ether oxygens (including phenoxy) is 2. The monoisotopic (exact) mass is 967 g/mol. The fraction of sp³-hybridized carbons (Fsp3) is 0.857. The Bertz CT molecular complexity index is 1410. The Kier molecular flexibility index (Phi) is 34.8. The molecule has 0 saturated carbocycles. The van der Waals surface area contributed by atoms with Crippen LogP contribution in [0.3, 0.4) is 0 Å². The number of urea groups is 1. The number of fused-ring (bicyclic) bond motifs is 1. The molecule has 8 amide bonds. The molecule has 0 aromatic carbocycles. The van der Waals surface area contributed by atoms with E-state index in [0.29, 0.717) is 57.1 Å². The van der Waals surface area contributed by atoms with Crippen LogP contribution in [0.4, 0.5) is 4.79 Å². The molecular weight excluding hydrogens is 877 g/mol. The van der Waals surface area contributed by atoms with E-state index >= 15 is 0 Å². The summed E-state index contributed by atoms with van der Waals surface area (Å²) in [5.41, 5.74) is 5.67. The lowest BCUT2D eigenvalue weighted by Crippen LogP contribution is -2.56. The van der Waals surface area contributed by atoms with Crippen LogP contribution in [-0.2, 0) is 38.2 Å². The minimum absolute atomic E-state index is 0.0237. The van der Waals surface area contributed by atoms with Gasteiger partial charge in [0.2, 0.25) is 35.4 Å². The molecule has 0 radical (unpaired) electrons. The molecule has 2 aliphatic heterocycles. The van der Waals surface area contributed by atoms with Crippen LogP contribution in [0.15, 0.2) is 0 Å². The molecule has 18 heteroatoms. The van der Waals surface area contributed by atoms with E-state index in [4.69, 9.17) is 15.2 Å². The van der Waals surface area contributed by atoms with Crippen molar-refractivity contribution in [1.29, 1.82) is 0 Å². The number of hydrogen-bond acceptors (Lipinski definition) is 10. The first-order valence-electron chi connectivity index (χ1n) is 26.1. The third kappa shape index (κ3) is 30.5. The lowest BCUT2D eigenvalue weighted by molar-refractivity contribution is -0.132. The molecule has 67 heavy (non-hydrogen) atoms. The first-order chi connectivity index (χ1) is 32.5. The van der Waals surface area contributed by atoms with Crippen LogP contribution in [0.2, 0.25) is 0 Å². The number of carbonyl (C=O) groups excluding carboxylic acids is 7. The normalized spacial score (nSPS) is 17.2. The van der Waals surface area contributed by atoms with E-state index in [1.165, 1.54) is 70.6 Å². The standard InChI is InChI=1S/C49H90N8O9S/c1-3-5-7-9-11-13-15-17-19-27-43(59)53-35-39(54-44(60)29-20-18-16-14-12-10-8-6-4-2)48(63)55-38(47(50)62)25-23-24-30-51-45(61)36-66-34-33-65-32-31-52-42(58)28-22-21-26-41-46-40(37-67-41)56-49(64)57-46/h38-41,46H,3-37H2,1-2H3,(H2,50,62)(H,51,61)(H,52,58)(H,53,59)(H,54,60)(H,55,63)(H2,56,57,64)/t38?,39?,40-,41-,46-/m0/s1. The number of hydrogen-bond donors (Lipinski definition) is 8. The highest BCUT2D eigenvalue weighted by atomic mass is 32.2.